The van der Waals surface area contributed by atoms with Crippen LogP contribution in [0.2, 0.25) is 0 Å². The van der Waals surface area contributed by atoms with Crippen molar-refractivity contribution in [2.75, 3.05) is 0 Å². The van der Waals surface area contributed by atoms with Crippen LogP contribution in [0.15, 0.2) is 219 Å². The summed E-state index contributed by atoms with van der Waals surface area (Å²) in [5.74, 6) is 2.26. The first-order valence-corrected chi connectivity index (χ1v) is 22.6. The molecular weight excluding hydrogens is 1040 g/mol. The summed E-state index contributed by atoms with van der Waals surface area (Å²) in [4.78, 5) is 29.9. The average molecular weight is 1080 g/mol. The molecule has 0 bridgehead atoms. The molecule has 13 rings (SSSR count). The molecule has 9 nitrogen and oxygen atoms in total. The predicted molar refractivity (Wildman–Crippen MR) is 273 cm³/mol. The van der Waals surface area contributed by atoms with Gasteiger partial charge in [0.15, 0.2) is 0 Å². The zero-order chi connectivity index (χ0) is 45.7. The summed E-state index contributed by atoms with van der Waals surface area (Å²) in [6.45, 7) is 0. The topological polar surface area (TPSA) is 92.1 Å². The second kappa shape index (κ2) is 17.9. The molecule has 6 heterocycles. The normalized spacial score (nSPS) is 11.3. The maximum absolute atomic E-state index is 5.39. The quantitative estimate of drug-likeness (QED) is 0.134. The number of pyridine rings is 3. The van der Waals surface area contributed by atoms with Gasteiger partial charge in [0.2, 0.25) is 0 Å². The number of fused-ring (bicyclic) bond motifs is 3. The molecule has 0 unspecified atom stereocenters. The molecule has 0 atom stereocenters. The molecule has 6 aromatic heterocycles. The Balaban J connectivity index is 0.00000505. The largest absolute Gasteiger partial charge is 3.00 e. The van der Waals surface area contributed by atoms with E-state index in [0.29, 0.717) is 0 Å². The van der Waals surface area contributed by atoms with Crippen molar-refractivity contribution in [1.82, 2.24) is 43.6 Å². The number of rotatable bonds is 9. The van der Waals surface area contributed by atoms with E-state index in [4.69, 9.17) is 15.0 Å². The molecule has 7 aromatic carbocycles. The Labute approximate surface area is 416 Å². The number of imidazole rings is 3. The van der Waals surface area contributed by atoms with Gasteiger partial charge in [-0.2, -0.15) is 0 Å². The van der Waals surface area contributed by atoms with Gasteiger partial charge in [-0.05, 0) is 107 Å². The third-order valence-corrected chi connectivity index (χ3v) is 12.4. The first-order chi connectivity index (χ1) is 34.2. The first kappa shape index (κ1) is 42.4. The summed E-state index contributed by atoms with van der Waals surface area (Å²) in [5.41, 5.74) is 16.1. The van der Waals surface area contributed by atoms with Crippen LogP contribution in [0.25, 0.3) is 118 Å². The molecule has 70 heavy (non-hydrogen) atoms. The van der Waals surface area contributed by atoms with Crippen LogP contribution >= 0.6 is 0 Å². The Morgan fingerprint density at radius 1 is 0.314 bits per heavy atom. The molecule has 0 saturated carbocycles. The van der Waals surface area contributed by atoms with E-state index < -0.39 is 0 Å². The summed E-state index contributed by atoms with van der Waals surface area (Å²) in [6, 6.07) is 78.2. The van der Waals surface area contributed by atoms with E-state index in [1.54, 1.807) is 18.6 Å². The van der Waals surface area contributed by atoms with Crippen LogP contribution in [0.5, 0.6) is 0 Å². The second-order valence-corrected chi connectivity index (χ2v) is 16.6. The van der Waals surface area contributed by atoms with E-state index in [0.717, 1.165) is 118 Å². The summed E-state index contributed by atoms with van der Waals surface area (Å²) < 4.78 is 6.62. The van der Waals surface area contributed by atoms with Crippen molar-refractivity contribution in [3.8, 4) is 85.0 Å². The van der Waals surface area contributed by atoms with Crippen LogP contribution in [0.1, 0.15) is 0 Å². The summed E-state index contributed by atoms with van der Waals surface area (Å²) >= 11 is 0. The minimum absolute atomic E-state index is 0. The van der Waals surface area contributed by atoms with Crippen molar-refractivity contribution < 1.29 is 20.1 Å². The summed E-state index contributed by atoms with van der Waals surface area (Å²) in [6.07, 6.45) is 5.41. The van der Waals surface area contributed by atoms with Gasteiger partial charge in [0.05, 0.1) is 33.1 Å². The van der Waals surface area contributed by atoms with Gasteiger partial charge in [-0.1, -0.05) is 72.8 Å². The van der Waals surface area contributed by atoms with Crippen LogP contribution in [0.4, 0.5) is 0 Å². The maximum atomic E-state index is 5.39. The Bertz CT molecular complexity index is 3550. The standard InChI is InChI=1S/C60H36N9.Ir/c1-4-19-55-52(16-1)64-58(67(55)46-28-22-40(23-29-46)49-13-7-10-34-61-49)43-37-44(59-65-53-17-2-5-20-56(53)68(59)47-30-24-41(25-31-47)50-14-8-11-35-62-50)39-45(38-43)60-66-54-18-3-6-21-57(54)69(60)48-32-26-42(27-33-48)51-15-9-12-36-63-51;/h1-22,24,26,28-39H;/q-3;+3. The van der Waals surface area contributed by atoms with Crippen LogP contribution in [-0.2, 0) is 20.1 Å². The number of para-hydroxylation sites is 6. The number of hydrogen-bond acceptors (Lipinski definition) is 6. The summed E-state index contributed by atoms with van der Waals surface area (Å²) in [7, 11) is 0. The molecule has 0 fully saturated rings. The smallest absolute Gasteiger partial charge is 0.334 e. The molecule has 0 amide bonds. The van der Waals surface area contributed by atoms with Gasteiger partial charge < -0.3 is 28.7 Å². The van der Waals surface area contributed by atoms with Gasteiger partial charge in [0.25, 0.3) is 0 Å². The van der Waals surface area contributed by atoms with Crippen LogP contribution in [0.3, 0.4) is 0 Å². The monoisotopic (exact) mass is 1080 g/mol. The maximum Gasteiger partial charge on any atom is 3.00 e. The second-order valence-electron chi connectivity index (χ2n) is 16.6. The van der Waals surface area contributed by atoms with E-state index in [1.807, 2.05) is 91.0 Å². The molecule has 330 valence electrons. The average Bonchev–Trinajstić information content (AvgIpc) is 4.14. The van der Waals surface area contributed by atoms with Gasteiger partial charge >= 0.3 is 20.1 Å². The van der Waals surface area contributed by atoms with Crippen molar-refractivity contribution in [2.45, 2.75) is 0 Å². The molecule has 10 heteroatoms. The van der Waals surface area contributed by atoms with E-state index in [2.05, 4.69) is 156 Å². The SMILES string of the molecule is [Ir+3].[c-]1cc(-n2c(-c3cc(-c4nc5ccccc5n4-c4c[c-]c(-c5ccccn5)cc4)cc(-c4nc5ccccc5n4-c4c[c-]c(-c5ccccn5)cc4)c3)nc3ccccc32)ccc1-c1ccccn1. The van der Waals surface area contributed by atoms with E-state index in [-0.39, 0.29) is 20.1 Å². The Hall–Kier alpha value is -8.95. The zero-order valence-corrected chi connectivity index (χ0v) is 39.5. The number of hydrogen-bond donors (Lipinski definition) is 0. The van der Waals surface area contributed by atoms with Crippen LogP contribution in [-0.4, -0.2) is 43.6 Å². The molecule has 0 aliphatic heterocycles. The van der Waals surface area contributed by atoms with Crippen LogP contribution in [0, 0.1) is 18.2 Å². The molecule has 0 aliphatic rings. The van der Waals surface area contributed by atoms with Crippen molar-refractivity contribution in [2.24, 2.45) is 0 Å². The predicted octanol–water partition coefficient (Wildman–Crippen LogP) is 13.3. The van der Waals surface area contributed by atoms with Crippen molar-refractivity contribution >= 4 is 33.1 Å². The Morgan fingerprint density at radius 2 is 0.614 bits per heavy atom. The van der Waals surface area contributed by atoms with Crippen molar-refractivity contribution in [1.29, 1.82) is 0 Å². The zero-order valence-electron chi connectivity index (χ0n) is 37.1. The number of nitrogens with zero attached hydrogens (tertiary/aromatic N) is 9. The molecule has 13 aromatic rings. The molecule has 0 N–H and O–H groups in total. The van der Waals surface area contributed by atoms with Crippen LogP contribution < -0.4 is 0 Å². The molecule has 0 aliphatic carbocycles. The minimum atomic E-state index is 0. The van der Waals surface area contributed by atoms with Gasteiger partial charge in [-0.3, -0.25) is 0 Å². The van der Waals surface area contributed by atoms with Gasteiger partial charge in [-0.15, -0.1) is 89.5 Å². The fraction of sp³-hybridized carbons (Fsp3) is 0. The van der Waals surface area contributed by atoms with E-state index in [9.17, 15) is 0 Å². The van der Waals surface area contributed by atoms with Gasteiger partial charge in [-0.25, -0.2) is 15.0 Å². The Morgan fingerprint density at radius 3 is 0.886 bits per heavy atom. The third kappa shape index (κ3) is 7.58. The third-order valence-electron chi connectivity index (χ3n) is 12.4. The fourth-order valence-electron chi connectivity index (χ4n) is 9.17. The Kier molecular flexibility index (Phi) is 10.9. The number of benzene rings is 7. The fourth-order valence-corrected chi connectivity index (χ4v) is 9.17. The van der Waals surface area contributed by atoms with Crippen molar-refractivity contribution in [3.05, 3.63) is 237 Å². The van der Waals surface area contributed by atoms with E-state index >= 15 is 0 Å². The first-order valence-electron chi connectivity index (χ1n) is 22.6. The van der Waals surface area contributed by atoms with Gasteiger partial charge in [0, 0.05) is 35.3 Å². The molecular formula is C60H36IrN9. The van der Waals surface area contributed by atoms with E-state index in [1.165, 1.54) is 0 Å². The van der Waals surface area contributed by atoms with Crippen molar-refractivity contribution in [3.63, 3.8) is 0 Å². The van der Waals surface area contributed by atoms with Gasteiger partial charge in [0.1, 0.15) is 17.5 Å². The summed E-state index contributed by atoms with van der Waals surface area (Å²) in [5, 5.41) is 0. The number of aromatic nitrogens is 9. The molecule has 0 saturated heterocycles. The molecule has 0 radical (unpaired) electrons. The minimum Gasteiger partial charge on any atom is -0.334 e. The molecule has 0 spiro atoms.